The average molecular weight is 826 g/mol. The van der Waals surface area contributed by atoms with Crippen molar-refractivity contribution in [1.82, 2.24) is 25.6 Å². The van der Waals surface area contributed by atoms with Gasteiger partial charge in [-0.15, -0.1) is 23.5 Å². The summed E-state index contributed by atoms with van der Waals surface area (Å²) in [7, 11) is 1.25. The van der Waals surface area contributed by atoms with E-state index in [-0.39, 0.29) is 46.6 Å². The normalized spacial score (nSPS) is 23.2. The fourth-order valence-electron chi connectivity index (χ4n) is 6.66. The number of aliphatic carboxylic acids is 2. The zero-order valence-corrected chi connectivity index (χ0v) is 32.1. The predicted molar refractivity (Wildman–Crippen MR) is 199 cm³/mol. The van der Waals surface area contributed by atoms with Crippen molar-refractivity contribution < 1.29 is 62.3 Å². The lowest BCUT2D eigenvalue weighted by molar-refractivity contribution is -0.159. The van der Waals surface area contributed by atoms with Gasteiger partial charge in [0.05, 0.1) is 6.26 Å². The Balaban J connectivity index is 0.000000193. The van der Waals surface area contributed by atoms with Gasteiger partial charge in [0.1, 0.15) is 65.3 Å². The van der Waals surface area contributed by atoms with E-state index in [1.54, 1.807) is 26.8 Å². The maximum absolute atomic E-state index is 12.9. The van der Waals surface area contributed by atoms with Gasteiger partial charge in [-0.2, -0.15) is 0 Å². The number of hydrogen-bond acceptors (Lipinski definition) is 15. The van der Waals surface area contributed by atoms with Crippen LogP contribution >= 0.6 is 23.5 Å². The second-order valence-electron chi connectivity index (χ2n) is 13.2. The Bertz CT molecular complexity index is 2190. The van der Waals surface area contributed by atoms with Crippen molar-refractivity contribution in [2.24, 2.45) is 10.9 Å². The first-order chi connectivity index (χ1) is 27.1. The Kier molecular flexibility index (Phi) is 11.4. The number of carboxylic acid groups (broad SMARTS) is 2. The summed E-state index contributed by atoms with van der Waals surface area (Å²) in [5.41, 5.74) is 6.08. The fraction of sp³-hybridized carbons (Fsp3) is 0.343. The first-order valence-electron chi connectivity index (χ1n) is 16.9. The van der Waals surface area contributed by atoms with Crippen LogP contribution in [0.4, 0.5) is 4.79 Å². The van der Waals surface area contributed by atoms with Gasteiger partial charge in [0, 0.05) is 21.6 Å². The number of primary amides is 1. The van der Waals surface area contributed by atoms with Crippen LogP contribution in [0.2, 0.25) is 0 Å². The van der Waals surface area contributed by atoms with Crippen molar-refractivity contribution in [3.8, 4) is 11.3 Å². The molecule has 0 bridgehead atoms. The van der Waals surface area contributed by atoms with Crippen LogP contribution in [0.5, 0.6) is 0 Å². The van der Waals surface area contributed by atoms with Gasteiger partial charge in [-0.3, -0.25) is 24.1 Å². The number of amides is 5. The fourth-order valence-corrected chi connectivity index (χ4v) is 9.61. The predicted octanol–water partition coefficient (Wildman–Crippen LogP) is 1.36. The van der Waals surface area contributed by atoms with Crippen molar-refractivity contribution >= 4 is 70.9 Å². The number of oxime groups is 1. The van der Waals surface area contributed by atoms with Crippen molar-refractivity contribution in [3.63, 3.8) is 0 Å². The molecule has 3 aromatic rings. The van der Waals surface area contributed by atoms with Crippen LogP contribution in [0.15, 0.2) is 74.1 Å². The highest BCUT2D eigenvalue weighted by atomic mass is 32.2. The Labute approximate surface area is 331 Å². The summed E-state index contributed by atoms with van der Waals surface area (Å²) in [6, 6.07) is 9.54. The van der Waals surface area contributed by atoms with Crippen molar-refractivity contribution in [2.45, 2.75) is 54.4 Å². The number of carbonyl (C=O) groups excluding carboxylic acids is 5. The van der Waals surface area contributed by atoms with Gasteiger partial charge in [-0.1, -0.05) is 40.6 Å². The molecule has 0 aliphatic carbocycles. The molecule has 57 heavy (non-hydrogen) atoms. The second kappa shape index (κ2) is 16.1. The van der Waals surface area contributed by atoms with Gasteiger partial charge in [0.15, 0.2) is 5.76 Å². The number of thioether (sulfide) groups is 2. The van der Waals surface area contributed by atoms with Gasteiger partial charge in [0.25, 0.3) is 17.7 Å². The standard InChI is InChI=1S/C19H19N3O5S.C16H16N4O8S/c1-9-11(12(21-27-9)10-7-5-4-6-8-10)15(23)20-13-16(24)22-14(18(25)26)19(2,3)28-17(13)22;1-26-19-9(8-3-2-4-27-8)12(21)18-10-13(22)20-11(15(23)24)7(5-28-16(17)25)6-29-14(10)20/h4-8,13-14,17H,1-3H3,(H,20,23)(H,25,26);2-4,10,14H,5-6H2,1H3,(H2,17,25)(H,18,21)(H,23,24)/b;19-9-/t13-,14+,17-;10-,14-/m11/s1. The summed E-state index contributed by atoms with van der Waals surface area (Å²) >= 11 is 2.59. The van der Waals surface area contributed by atoms with Gasteiger partial charge in [-0.05, 0) is 32.9 Å². The molecule has 22 heteroatoms. The molecule has 0 spiro atoms. The second-order valence-corrected chi connectivity index (χ2v) is 16.1. The first kappa shape index (κ1) is 40.4. The summed E-state index contributed by atoms with van der Waals surface area (Å²) in [5, 5.41) is 30.8. The van der Waals surface area contributed by atoms with Gasteiger partial charge < -0.3 is 50.0 Å². The topological polar surface area (TPSA) is 286 Å². The molecular formula is C35H35N7O13S2. The first-order valence-corrected chi connectivity index (χ1v) is 18.8. The summed E-state index contributed by atoms with van der Waals surface area (Å²) in [5.74, 6) is -3.93. The molecular weight excluding hydrogens is 791 g/mol. The third kappa shape index (κ3) is 7.64. The number of ether oxygens (including phenoxy) is 1. The smallest absolute Gasteiger partial charge is 0.404 e. The van der Waals surface area contributed by atoms with E-state index >= 15 is 0 Å². The number of nitrogens with two attached hydrogens (primary N) is 1. The largest absolute Gasteiger partial charge is 0.480 e. The monoisotopic (exact) mass is 825 g/mol. The van der Waals surface area contributed by atoms with Gasteiger partial charge in [0.2, 0.25) is 11.6 Å². The summed E-state index contributed by atoms with van der Waals surface area (Å²) in [6.45, 7) is 4.87. The lowest BCUT2D eigenvalue weighted by Gasteiger charge is -2.49. The molecule has 5 amide bonds. The minimum atomic E-state index is -1.35. The molecule has 0 unspecified atom stereocenters. The number of nitrogens with zero attached hydrogens (tertiary/aromatic N) is 4. The van der Waals surface area contributed by atoms with E-state index < -0.39 is 69.4 Å². The maximum Gasteiger partial charge on any atom is 0.404 e. The van der Waals surface area contributed by atoms with E-state index in [4.69, 9.17) is 14.7 Å². The van der Waals surface area contributed by atoms with Crippen LogP contribution in [0.1, 0.15) is 35.7 Å². The molecule has 6 heterocycles. The summed E-state index contributed by atoms with van der Waals surface area (Å²) in [6.07, 6.45) is 0.290. The summed E-state index contributed by atoms with van der Waals surface area (Å²) in [4.78, 5) is 91.7. The molecule has 6 N–H and O–H groups in total. The molecule has 3 saturated heterocycles. The highest BCUT2D eigenvalue weighted by molar-refractivity contribution is 8.01. The van der Waals surface area contributed by atoms with Crippen LogP contribution < -0.4 is 16.4 Å². The third-order valence-corrected chi connectivity index (χ3v) is 12.1. The number of carbonyl (C=O) groups is 7. The number of fused-ring (bicyclic) bond motifs is 2. The number of benzene rings is 1. The zero-order valence-electron chi connectivity index (χ0n) is 30.5. The third-order valence-electron chi connectivity index (χ3n) is 9.18. The van der Waals surface area contributed by atoms with Crippen molar-refractivity contribution in [1.29, 1.82) is 0 Å². The highest BCUT2D eigenvalue weighted by Crippen LogP contribution is 2.51. The summed E-state index contributed by atoms with van der Waals surface area (Å²) < 4.78 is 14.4. The minimum absolute atomic E-state index is 0.140. The molecule has 4 aliphatic heterocycles. The number of hydrogen-bond donors (Lipinski definition) is 5. The number of nitrogens with one attached hydrogen (secondary N) is 2. The molecule has 2 aromatic heterocycles. The highest BCUT2D eigenvalue weighted by Gasteiger charge is 2.64. The van der Waals surface area contributed by atoms with E-state index in [0.717, 1.165) is 10.5 Å². The quantitative estimate of drug-likeness (QED) is 0.104. The Morgan fingerprint density at radius 3 is 2.35 bits per heavy atom. The minimum Gasteiger partial charge on any atom is -0.480 e. The molecule has 300 valence electrons. The average Bonchev–Trinajstić information content (AvgIpc) is 3.91. The van der Waals surface area contributed by atoms with E-state index in [1.165, 1.54) is 47.9 Å². The molecule has 3 fully saturated rings. The van der Waals surface area contributed by atoms with Gasteiger partial charge >= 0.3 is 18.0 Å². The lowest BCUT2D eigenvalue weighted by Crippen LogP contribution is -2.71. The van der Waals surface area contributed by atoms with Crippen LogP contribution in [0, 0.1) is 6.92 Å². The Morgan fingerprint density at radius 2 is 1.74 bits per heavy atom. The molecule has 4 aliphatic rings. The number of carboxylic acids is 2. The number of rotatable bonds is 11. The van der Waals surface area contributed by atoms with Crippen LogP contribution in [-0.2, 0) is 33.5 Å². The van der Waals surface area contributed by atoms with E-state index in [1.807, 2.05) is 30.3 Å². The van der Waals surface area contributed by atoms with Crippen molar-refractivity contribution in [3.05, 3.63) is 77.1 Å². The van der Waals surface area contributed by atoms with E-state index in [9.17, 15) is 43.8 Å². The molecule has 5 atom stereocenters. The molecule has 20 nitrogen and oxygen atoms in total. The van der Waals surface area contributed by atoms with Crippen LogP contribution in [0.25, 0.3) is 11.3 Å². The van der Waals surface area contributed by atoms with Crippen molar-refractivity contribution in [2.75, 3.05) is 19.5 Å². The van der Waals surface area contributed by atoms with E-state index in [0.29, 0.717) is 11.5 Å². The molecule has 7 rings (SSSR count). The Hall–Kier alpha value is -6.29. The SMILES string of the molecule is CO/N=C(\C(=O)N[C@@H]1C(=O)N2C(C(=O)O)=C(COC(N)=O)CS[C@H]12)c1ccco1.Cc1onc(-c2ccccc2)c1C(=O)N[C@@H]1C(=O)N2[C@@H]1SC(C)(C)[C@@H]2C(=O)O. The van der Waals surface area contributed by atoms with E-state index in [2.05, 4.69) is 30.5 Å². The number of aromatic nitrogens is 1. The number of aryl methyl sites for hydroxylation is 1. The maximum atomic E-state index is 12.9. The van der Waals surface area contributed by atoms with Crippen LogP contribution in [0.3, 0.4) is 0 Å². The number of furan rings is 1. The lowest BCUT2D eigenvalue weighted by atomic mass is 9.95. The molecule has 0 radical (unpaired) electrons. The Morgan fingerprint density at radius 1 is 1.04 bits per heavy atom. The molecule has 0 saturated carbocycles. The number of β-lactam (4-membered cyclic amide) rings is 2. The zero-order chi connectivity index (χ0) is 41.3. The van der Waals surface area contributed by atoms with Gasteiger partial charge in [-0.25, -0.2) is 14.4 Å². The van der Waals surface area contributed by atoms with Crippen LogP contribution in [-0.4, -0.2) is 126 Å². The molecule has 1 aromatic carbocycles.